The molecule has 1 aromatic rings. The van der Waals surface area contributed by atoms with Gasteiger partial charge in [-0.05, 0) is 44.7 Å². The van der Waals surface area contributed by atoms with Crippen molar-refractivity contribution in [2.24, 2.45) is 5.73 Å². The molecule has 0 aromatic heterocycles. The van der Waals surface area contributed by atoms with Gasteiger partial charge in [-0.2, -0.15) is 0 Å². The van der Waals surface area contributed by atoms with Crippen LogP contribution in [0.2, 0.25) is 5.02 Å². The van der Waals surface area contributed by atoms with Gasteiger partial charge in [-0.3, -0.25) is 0 Å². The molecule has 0 saturated carbocycles. The maximum absolute atomic E-state index is 6.04. The summed E-state index contributed by atoms with van der Waals surface area (Å²) in [5, 5.41) is 0.863. The van der Waals surface area contributed by atoms with Crippen LogP contribution in [0, 0.1) is 0 Å². The first kappa shape index (κ1) is 11.5. The summed E-state index contributed by atoms with van der Waals surface area (Å²) in [5.41, 5.74) is 7.06. The van der Waals surface area contributed by atoms with Gasteiger partial charge >= 0.3 is 0 Å². The maximum atomic E-state index is 6.04. The molecule has 2 N–H and O–H groups in total. The van der Waals surface area contributed by atoms with E-state index in [1.54, 1.807) is 0 Å². The number of aryl methyl sites for hydroxylation is 1. The molecule has 78 valence electrons. The molecule has 0 spiro atoms. The Hall–Kier alpha value is -0.530. The van der Waals surface area contributed by atoms with Gasteiger partial charge in [0.15, 0.2) is 0 Å². The highest BCUT2D eigenvalue weighted by Crippen LogP contribution is 2.18. The molecule has 2 heteroatoms. The minimum atomic E-state index is -0.0682. The predicted molar refractivity (Wildman–Crippen MR) is 62.7 cm³/mol. The second-order valence-corrected chi connectivity index (χ2v) is 4.84. The zero-order chi connectivity index (χ0) is 10.6. The summed E-state index contributed by atoms with van der Waals surface area (Å²) in [6.07, 6.45) is 3.13. The van der Waals surface area contributed by atoms with E-state index in [-0.39, 0.29) is 5.54 Å². The Kier molecular flexibility index (Phi) is 3.97. The van der Waals surface area contributed by atoms with Crippen molar-refractivity contribution in [3.05, 3.63) is 34.9 Å². The molecule has 0 atom stereocenters. The van der Waals surface area contributed by atoms with E-state index in [9.17, 15) is 0 Å². The van der Waals surface area contributed by atoms with Crippen molar-refractivity contribution < 1.29 is 0 Å². The third-order valence-electron chi connectivity index (χ3n) is 2.23. The summed E-state index contributed by atoms with van der Waals surface area (Å²) in [6, 6.07) is 7.99. The third-order valence-corrected chi connectivity index (χ3v) is 2.59. The van der Waals surface area contributed by atoms with E-state index in [1.807, 2.05) is 18.2 Å². The average Bonchev–Trinajstić information content (AvgIpc) is 2.06. The first-order valence-electron chi connectivity index (χ1n) is 5.01. The molecule has 0 fully saturated rings. The lowest BCUT2D eigenvalue weighted by molar-refractivity contribution is 0.459. The Bertz CT molecular complexity index is 289. The number of benzene rings is 1. The molecule has 1 rings (SSSR count). The minimum absolute atomic E-state index is 0.0682. The smallest absolute Gasteiger partial charge is 0.0437 e. The van der Waals surface area contributed by atoms with Crippen molar-refractivity contribution >= 4 is 11.6 Å². The molecule has 0 aliphatic carbocycles. The van der Waals surface area contributed by atoms with Crippen LogP contribution < -0.4 is 5.73 Å². The van der Waals surface area contributed by atoms with Crippen molar-refractivity contribution in [1.29, 1.82) is 0 Å². The summed E-state index contributed by atoms with van der Waals surface area (Å²) in [4.78, 5) is 0. The van der Waals surface area contributed by atoms with Gasteiger partial charge in [0.25, 0.3) is 0 Å². The molecule has 0 amide bonds. The molecule has 1 nitrogen and oxygen atoms in total. The van der Waals surface area contributed by atoms with Crippen LogP contribution in [-0.2, 0) is 6.42 Å². The molecule has 0 aliphatic heterocycles. The normalized spacial score (nSPS) is 11.7. The first-order valence-corrected chi connectivity index (χ1v) is 5.39. The predicted octanol–water partition coefficient (Wildman–Crippen LogP) is 3.40. The van der Waals surface area contributed by atoms with Crippen molar-refractivity contribution in [2.45, 2.75) is 38.6 Å². The van der Waals surface area contributed by atoms with Crippen LogP contribution in [0.3, 0.4) is 0 Å². The average molecular weight is 212 g/mol. The second-order valence-electron chi connectivity index (χ2n) is 4.43. The van der Waals surface area contributed by atoms with E-state index < -0.39 is 0 Å². The Morgan fingerprint density at radius 1 is 1.29 bits per heavy atom. The van der Waals surface area contributed by atoms with Gasteiger partial charge in [-0.25, -0.2) is 0 Å². The molecule has 0 bridgehead atoms. The van der Waals surface area contributed by atoms with Crippen LogP contribution in [0.25, 0.3) is 0 Å². The fourth-order valence-electron chi connectivity index (χ4n) is 1.44. The Balaban J connectivity index is 2.43. The summed E-state index contributed by atoms with van der Waals surface area (Å²) in [5.74, 6) is 0. The molecule has 0 radical (unpaired) electrons. The molecule has 1 aromatic carbocycles. The molecule has 14 heavy (non-hydrogen) atoms. The number of hydrogen-bond donors (Lipinski definition) is 1. The highest BCUT2D eigenvalue weighted by molar-refractivity contribution is 6.31. The van der Waals surface area contributed by atoms with E-state index in [2.05, 4.69) is 19.9 Å². The van der Waals surface area contributed by atoms with Crippen LogP contribution in [0.15, 0.2) is 24.3 Å². The number of halogens is 1. The van der Waals surface area contributed by atoms with Crippen molar-refractivity contribution in [1.82, 2.24) is 0 Å². The van der Waals surface area contributed by atoms with Crippen LogP contribution in [-0.4, -0.2) is 5.54 Å². The minimum Gasteiger partial charge on any atom is -0.326 e. The van der Waals surface area contributed by atoms with E-state index in [0.717, 1.165) is 24.3 Å². The SMILES string of the molecule is CC(C)(N)CCCc1ccccc1Cl. The van der Waals surface area contributed by atoms with Gasteiger partial charge < -0.3 is 5.73 Å². The molecule has 0 unspecified atom stereocenters. The number of rotatable bonds is 4. The molecule has 0 heterocycles. The standard InChI is InChI=1S/C12H18ClN/c1-12(2,14)9-5-7-10-6-3-4-8-11(10)13/h3-4,6,8H,5,7,9,14H2,1-2H3. The number of hydrogen-bond acceptors (Lipinski definition) is 1. The van der Waals surface area contributed by atoms with Crippen molar-refractivity contribution in [3.63, 3.8) is 0 Å². The third kappa shape index (κ3) is 4.12. The lowest BCUT2D eigenvalue weighted by Gasteiger charge is -2.17. The van der Waals surface area contributed by atoms with E-state index in [4.69, 9.17) is 17.3 Å². The van der Waals surface area contributed by atoms with Gasteiger partial charge in [-0.15, -0.1) is 0 Å². The Labute approximate surface area is 91.3 Å². The molecular weight excluding hydrogens is 194 g/mol. The number of nitrogens with two attached hydrogens (primary N) is 1. The quantitative estimate of drug-likeness (QED) is 0.812. The van der Waals surface area contributed by atoms with Gasteiger partial charge in [0.2, 0.25) is 0 Å². The second kappa shape index (κ2) is 4.81. The van der Waals surface area contributed by atoms with E-state index in [0.29, 0.717) is 0 Å². The van der Waals surface area contributed by atoms with E-state index in [1.165, 1.54) is 5.56 Å². The monoisotopic (exact) mass is 211 g/mol. The van der Waals surface area contributed by atoms with Gasteiger partial charge in [0, 0.05) is 10.6 Å². The zero-order valence-electron chi connectivity index (χ0n) is 8.89. The van der Waals surface area contributed by atoms with Crippen LogP contribution >= 0.6 is 11.6 Å². The van der Waals surface area contributed by atoms with Crippen molar-refractivity contribution in [3.8, 4) is 0 Å². The fourth-order valence-corrected chi connectivity index (χ4v) is 1.67. The topological polar surface area (TPSA) is 26.0 Å². The van der Waals surface area contributed by atoms with Crippen LogP contribution in [0.5, 0.6) is 0 Å². The Morgan fingerprint density at radius 3 is 2.50 bits per heavy atom. The highest BCUT2D eigenvalue weighted by Gasteiger charge is 2.10. The summed E-state index contributed by atoms with van der Waals surface area (Å²) >= 11 is 6.04. The largest absolute Gasteiger partial charge is 0.326 e. The summed E-state index contributed by atoms with van der Waals surface area (Å²) < 4.78 is 0. The summed E-state index contributed by atoms with van der Waals surface area (Å²) in [7, 11) is 0. The fraction of sp³-hybridized carbons (Fsp3) is 0.500. The van der Waals surface area contributed by atoms with Crippen LogP contribution in [0.1, 0.15) is 32.3 Å². The van der Waals surface area contributed by atoms with Gasteiger partial charge in [0.05, 0.1) is 0 Å². The maximum Gasteiger partial charge on any atom is 0.0437 e. The Morgan fingerprint density at radius 2 is 1.93 bits per heavy atom. The van der Waals surface area contributed by atoms with Crippen LogP contribution in [0.4, 0.5) is 0 Å². The molecular formula is C12H18ClN. The lowest BCUT2D eigenvalue weighted by atomic mass is 9.97. The highest BCUT2D eigenvalue weighted by atomic mass is 35.5. The first-order chi connectivity index (χ1) is 6.49. The van der Waals surface area contributed by atoms with E-state index >= 15 is 0 Å². The van der Waals surface area contributed by atoms with Crippen molar-refractivity contribution in [2.75, 3.05) is 0 Å². The zero-order valence-corrected chi connectivity index (χ0v) is 9.64. The lowest BCUT2D eigenvalue weighted by Crippen LogP contribution is -2.31. The molecule has 0 aliphatic rings. The molecule has 0 saturated heterocycles. The summed E-state index contributed by atoms with van der Waals surface area (Å²) in [6.45, 7) is 4.11. The van der Waals surface area contributed by atoms with Gasteiger partial charge in [-0.1, -0.05) is 29.8 Å². The van der Waals surface area contributed by atoms with Gasteiger partial charge in [0.1, 0.15) is 0 Å².